The number of ketones is 2. The first-order chi connectivity index (χ1) is 21.3. The van der Waals surface area contributed by atoms with Crippen LogP contribution in [0.25, 0.3) is 0 Å². The molecule has 10 nitrogen and oxygen atoms in total. The molecule has 0 bridgehead atoms. The Balaban J connectivity index is 1.35. The number of H-pyrrole nitrogens is 1. The van der Waals surface area contributed by atoms with Crippen molar-refractivity contribution < 1.29 is 24.3 Å². The summed E-state index contributed by atoms with van der Waals surface area (Å²) in [7, 11) is 0. The van der Waals surface area contributed by atoms with Gasteiger partial charge in [0.05, 0.1) is 12.1 Å². The SMILES string of the molecule is CC1(C)C(=O)C(C#N)=C[C@]2(C)C3=CC(=O)[C@]4(O)[C@@H]5C[C@@](C)(NC(=O)CNC(=O)c6ccn[nH]6)CC[C@]5(C)CC[C@@]4(C)[C@]3(C)CC[C@@H]12. The number of nitriles is 1. The number of carbonyl (C=O) groups excluding carboxylic acids is 4. The van der Waals surface area contributed by atoms with Gasteiger partial charge in [0, 0.05) is 33.9 Å². The van der Waals surface area contributed by atoms with E-state index in [9.17, 15) is 29.5 Å². The molecule has 2 amide bonds. The van der Waals surface area contributed by atoms with Crippen LogP contribution in [0.2, 0.25) is 0 Å². The lowest BCUT2D eigenvalue weighted by Crippen LogP contribution is -2.74. The number of aliphatic hydroxyl groups is 1. The van der Waals surface area contributed by atoms with Gasteiger partial charge in [-0.2, -0.15) is 10.4 Å². The Morgan fingerprint density at radius 2 is 1.74 bits per heavy atom. The maximum atomic E-state index is 14.6. The molecule has 1 aromatic rings. The molecule has 3 saturated carbocycles. The number of rotatable bonds is 4. The smallest absolute Gasteiger partial charge is 0.269 e. The predicted octanol–water partition coefficient (Wildman–Crippen LogP) is 4.34. The molecule has 0 unspecified atom stereocenters. The first kappa shape index (κ1) is 32.4. The molecule has 1 heterocycles. The molecule has 46 heavy (non-hydrogen) atoms. The Morgan fingerprint density at radius 3 is 2.39 bits per heavy atom. The van der Waals surface area contributed by atoms with Crippen molar-refractivity contribution >= 4 is 23.4 Å². The number of amides is 2. The monoisotopic (exact) mass is 629 g/mol. The molecule has 3 fully saturated rings. The molecule has 0 aliphatic heterocycles. The van der Waals surface area contributed by atoms with E-state index in [1.54, 1.807) is 12.2 Å². The van der Waals surface area contributed by atoms with Crippen LogP contribution in [0.4, 0.5) is 0 Å². The maximum absolute atomic E-state index is 14.6. The highest BCUT2D eigenvalue weighted by Crippen LogP contribution is 2.75. The van der Waals surface area contributed by atoms with Gasteiger partial charge in [0.2, 0.25) is 5.91 Å². The van der Waals surface area contributed by atoms with Crippen molar-refractivity contribution in [2.24, 2.45) is 38.9 Å². The van der Waals surface area contributed by atoms with Gasteiger partial charge in [-0.1, -0.05) is 47.6 Å². The zero-order valence-corrected chi connectivity index (χ0v) is 28.1. The number of fused-ring (bicyclic) bond motifs is 7. The van der Waals surface area contributed by atoms with E-state index in [-0.39, 0.29) is 46.6 Å². The fourth-order valence-electron chi connectivity index (χ4n) is 10.9. The van der Waals surface area contributed by atoms with Gasteiger partial charge in [0.15, 0.2) is 11.6 Å². The Hall–Kier alpha value is -3.58. The van der Waals surface area contributed by atoms with Crippen LogP contribution in [0.3, 0.4) is 0 Å². The lowest BCUT2D eigenvalue weighted by molar-refractivity contribution is -0.240. The van der Waals surface area contributed by atoms with Crippen molar-refractivity contribution in [2.45, 2.75) is 105 Å². The van der Waals surface area contributed by atoms with Crippen molar-refractivity contribution in [1.82, 2.24) is 20.8 Å². The van der Waals surface area contributed by atoms with Crippen molar-refractivity contribution in [2.75, 3.05) is 6.54 Å². The quantitative estimate of drug-likeness (QED) is 0.385. The normalized spacial score (nSPS) is 42.6. The third kappa shape index (κ3) is 4.12. The Kier molecular flexibility index (Phi) is 7.01. The number of aromatic amines is 1. The fourth-order valence-corrected chi connectivity index (χ4v) is 10.9. The lowest BCUT2D eigenvalue weighted by Gasteiger charge is -2.71. The molecule has 5 aliphatic carbocycles. The molecule has 0 spiro atoms. The molecule has 4 N–H and O–H groups in total. The third-order valence-corrected chi connectivity index (χ3v) is 13.8. The van der Waals surface area contributed by atoms with E-state index >= 15 is 0 Å². The van der Waals surface area contributed by atoms with Crippen molar-refractivity contribution in [3.05, 3.63) is 41.3 Å². The summed E-state index contributed by atoms with van der Waals surface area (Å²) in [6, 6.07) is 3.66. The minimum atomic E-state index is -1.68. The minimum Gasteiger partial charge on any atom is -0.381 e. The maximum Gasteiger partial charge on any atom is 0.269 e. The van der Waals surface area contributed by atoms with Crippen molar-refractivity contribution in [3.8, 4) is 6.07 Å². The summed E-state index contributed by atoms with van der Waals surface area (Å²) >= 11 is 0. The van der Waals surface area contributed by atoms with E-state index in [2.05, 4.69) is 54.6 Å². The molecule has 246 valence electrons. The average Bonchev–Trinajstić information content (AvgIpc) is 3.54. The lowest BCUT2D eigenvalue weighted by atomic mass is 9.33. The van der Waals surface area contributed by atoms with Gasteiger partial charge in [-0.15, -0.1) is 0 Å². The molecule has 5 aliphatic rings. The summed E-state index contributed by atoms with van der Waals surface area (Å²) in [5.41, 5.74) is -4.18. The summed E-state index contributed by atoms with van der Waals surface area (Å²) in [5, 5.41) is 35.1. The molecule has 6 rings (SSSR count). The summed E-state index contributed by atoms with van der Waals surface area (Å²) in [6.45, 7) is 14.1. The molecule has 0 aromatic carbocycles. The Morgan fingerprint density at radius 1 is 1.04 bits per heavy atom. The molecular weight excluding hydrogens is 582 g/mol. The van der Waals surface area contributed by atoms with E-state index in [0.717, 1.165) is 24.8 Å². The second-order valence-corrected chi connectivity index (χ2v) is 16.6. The van der Waals surface area contributed by atoms with Gasteiger partial charge in [-0.3, -0.25) is 24.3 Å². The van der Waals surface area contributed by atoms with Crippen molar-refractivity contribution in [1.29, 1.82) is 5.26 Å². The van der Waals surface area contributed by atoms with Crippen LogP contribution < -0.4 is 10.6 Å². The van der Waals surface area contributed by atoms with Crippen LogP contribution in [0, 0.1) is 50.2 Å². The van der Waals surface area contributed by atoms with Gasteiger partial charge in [-0.05, 0) is 86.3 Å². The number of Topliss-reactive ketones (excluding diaryl/α,β-unsaturated/α-hetero) is 1. The van der Waals surface area contributed by atoms with Gasteiger partial charge >= 0.3 is 0 Å². The van der Waals surface area contributed by atoms with Crippen molar-refractivity contribution in [3.63, 3.8) is 0 Å². The fraction of sp³-hybridized carbons (Fsp3) is 0.667. The Bertz CT molecular complexity index is 1640. The van der Waals surface area contributed by atoms with Crippen LogP contribution in [0.15, 0.2) is 35.6 Å². The predicted molar refractivity (Wildman–Crippen MR) is 170 cm³/mol. The summed E-state index contributed by atoms with van der Waals surface area (Å²) in [5.74, 6) is -1.73. The van der Waals surface area contributed by atoms with E-state index in [4.69, 9.17) is 0 Å². The molecule has 8 atom stereocenters. The van der Waals surface area contributed by atoms with Crippen LogP contribution in [0.1, 0.15) is 104 Å². The van der Waals surface area contributed by atoms with Crippen LogP contribution in [-0.4, -0.2) is 56.4 Å². The Labute approximate surface area is 270 Å². The molecule has 0 saturated heterocycles. The third-order valence-electron chi connectivity index (χ3n) is 13.8. The number of hydrogen-bond acceptors (Lipinski definition) is 7. The summed E-state index contributed by atoms with van der Waals surface area (Å²) in [4.78, 5) is 53.4. The second-order valence-electron chi connectivity index (χ2n) is 16.6. The number of carbonyl (C=O) groups is 4. The van der Waals surface area contributed by atoms with E-state index in [1.807, 2.05) is 20.8 Å². The first-order valence-electron chi connectivity index (χ1n) is 16.6. The summed E-state index contributed by atoms with van der Waals surface area (Å²) < 4.78 is 0. The van der Waals surface area contributed by atoms with Gasteiger partial charge in [0.1, 0.15) is 17.4 Å². The number of hydrogen-bond donors (Lipinski definition) is 4. The average molecular weight is 630 g/mol. The number of aromatic nitrogens is 2. The van der Waals surface area contributed by atoms with E-state index < -0.39 is 44.6 Å². The molecular formula is C36H47N5O5. The van der Waals surface area contributed by atoms with E-state index in [1.165, 1.54) is 12.3 Å². The van der Waals surface area contributed by atoms with Gasteiger partial charge in [0.25, 0.3) is 5.91 Å². The standard InChI is InChI=1S/C36H47N5O5/c1-30(2)23-8-10-34(6)24(33(23,5)17-21(19-37)28(30)44)16-26(42)36(46)25-18-32(4,13-11-31(25,3)12-14-35(34,36)7)40-27(43)20-38-29(45)22-9-15-39-41-22/h9,15-17,23,25,46H,8,10-14,18,20H2,1-7H3,(H,38,45)(H,39,41)(H,40,43)/t23-,25+,31+,32-,33-,34+,35-,36+/m0/s1. The topological polar surface area (TPSA) is 165 Å². The van der Waals surface area contributed by atoms with Crippen LogP contribution >= 0.6 is 0 Å². The van der Waals surface area contributed by atoms with Crippen LogP contribution in [-0.2, 0) is 14.4 Å². The molecule has 1 aromatic heterocycles. The highest BCUT2D eigenvalue weighted by molar-refractivity contribution is 6.05. The highest BCUT2D eigenvalue weighted by atomic mass is 16.3. The number of allylic oxidation sites excluding steroid dienone is 3. The van der Waals surface area contributed by atoms with Gasteiger partial charge < -0.3 is 15.7 Å². The molecule has 0 radical (unpaired) electrons. The first-order valence-corrected chi connectivity index (χ1v) is 16.6. The highest BCUT2D eigenvalue weighted by Gasteiger charge is 2.75. The second kappa shape index (κ2) is 9.96. The largest absolute Gasteiger partial charge is 0.381 e. The summed E-state index contributed by atoms with van der Waals surface area (Å²) in [6.07, 6.45) is 9.72. The van der Waals surface area contributed by atoms with Gasteiger partial charge in [-0.25, -0.2) is 0 Å². The van der Waals surface area contributed by atoms with Crippen LogP contribution in [0.5, 0.6) is 0 Å². The molecule has 10 heteroatoms. The zero-order valence-electron chi connectivity index (χ0n) is 28.1. The van der Waals surface area contributed by atoms with E-state index in [0.29, 0.717) is 25.7 Å². The number of nitrogens with zero attached hydrogens (tertiary/aromatic N) is 2. The number of nitrogens with one attached hydrogen (secondary N) is 3. The zero-order chi connectivity index (χ0) is 33.7. The minimum absolute atomic E-state index is 0.0812.